The standard InChI is InChI=1S/C32H31ClF5N5O/c1-4-18-7-6-8-19(5-2)29(18)43-30(22-13-26(35)28(14-25(22)34)40-31(39)44)23-16-42(17(3)11-27(23)41-43)15-20-9-10-21(33)12-24(20)32(36,37)38/h6-10,12-14,17H,4-5,11,15-16H2,1-3H3,(H3,39,40,44)/t17-/m1/s1. The Balaban J connectivity index is 1.70. The molecule has 1 aromatic heterocycles. The molecule has 0 bridgehead atoms. The third kappa shape index (κ3) is 6.03. The van der Waals surface area contributed by atoms with E-state index in [9.17, 15) is 18.0 Å². The van der Waals surface area contributed by atoms with E-state index in [1.165, 1.54) is 12.1 Å². The number of nitrogens with zero attached hydrogens (tertiary/aromatic N) is 3. The number of aryl methyl sites for hydroxylation is 2. The second kappa shape index (κ2) is 12.2. The lowest BCUT2D eigenvalue weighted by Gasteiger charge is -2.34. The molecular weight excluding hydrogens is 601 g/mol. The fourth-order valence-electron chi connectivity index (χ4n) is 5.86. The molecule has 3 N–H and O–H groups in total. The van der Waals surface area contributed by atoms with Gasteiger partial charge >= 0.3 is 12.2 Å². The van der Waals surface area contributed by atoms with Crippen LogP contribution >= 0.6 is 11.6 Å². The van der Waals surface area contributed by atoms with E-state index in [1.54, 1.807) is 4.68 Å². The van der Waals surface area contributed by atoms with Gasteiger partial charge in [0.1, 0.15) is 11.6 Å². The molecule has 0 fully saturated rings. The number of hydrogen-bond acceptors (Lipinski definition) is 3. The highest BCUT2D eigenvalue weighted by Gasteiger charge is 2.36. The number of urea groups is 1. The molecule has 44 heavy (non-hydrogen) atoms. The molecule has 1 aliphatic rings. The van der Waals surface area contributed by atoms with Gasteiger partial charge in [-0.3, -0.25) is 4.90 Å². The molecule has 0 saturated carbocycles. The summed E-state index contributed by atoms with van der Waals surface area (Å²) in [5, 5.41) is 6.99. The normalized spacial score (nSPS) is 15.3. The highest BCUT2D eigenvalue weighted by Crippen LogP contribution is 2.40. The molecule has 0 spiro atoms. The number of amides is 2. The third-order valence-corrected chi connectivity index (χ3v) is 8.27. The van der Waals surface area contributed by atoms with Gasteiger partial charge in [0.15, 0.2) is 0 Å². The molecule has 0 saturated heterocycles. The molecule has 0 aliphatic carbocycles. The van der Waals surface area contributed by atoms with E-state index < -0.39 is 35.1 Å². The molecule has 12 heteroatoms. The molecule has 5 rings (SSSR count). The minimum Gasteiger partial charge on any atom is -0.351 e. The van der Waals surface area contributed by atoms with Gasteiger partial charge in [0, 0.05) is 47.8 Å². The first-order chi connectivity index (χ1) is 20.8. The second-order valence-electron chi connectivity index (χ2n) is 10.9. The third-order valence-electron chi connectivity index (χ3n) is 8.04. The molecule has 2 heterocycles. The summed E-state index contributed by atoms with van der Waals surface area (Å²) in [5.74, 6) is -1.73. The minimum absolute atomic E-state index is 0.0216. The first-order valence-corrected chi connectivity index (χ1v) is 14.6. The van der Waals surface area contributed by atoms with E-state index in [4.69, 9.17) is 22.4 Å². The Morgan fingerprint density at radius 1 is 1.05 bits per heavy atom. The van der Waals surface area contributed by atoms with Gasteiger partial charge in [-0.25, -0.2) is 18.3 Å². The number of primary amides is 1. The van der Waals surface area contributed by atoms with Crippen molar-refractivity contribution in [2.45, 2.75) is 65.3 Å². The number of hydrogen-bond donors (Lipinski definition) is 2. The number of fused-ring (bicyclic) bond motifs is 1. The summed E-state index contributed by atoms with van der Waals surface area (Å²) in [5.41, 5.74) is 7.99. The van der Waals surface area contributed by atoms with Crippen LogP contribution in [0.2, 0.25) is 5.02 Å². The van der Waals surface area contributed by atoms with Crippen molar-refractivity contribution >= 4 is 23.3 Å². The summed E-state index contributed by atoms with van der Waals surface area (Å²) >= 11 is 5.91. The summed E-state index contributed by atoms with van der Waals surface area (Å²) in [4.78, 5) is 13.2. The van der Waals surface area contributed by atoms with Crippen LogP contribution in [-0.4, -0.2) is 26.8 Å². The van der Waals surface area contributed by atoms with Crippen LogP contribution in [0.25, 0.3) is 16.9 Å². The number of carbonyl (C=O) groups is 1. The first kappa shape index (κ1) is 31.5. The highest BCUT2D eigenvalue weighted by molar-refractivity contribution is 6.30. The van der Waals surface area contributed by atoms with E-state index in [1.807, 2.05) is 43.9 Å². The number of aromatic nitrogens is 2. The molecule has 0 radical (unpaired) electrons. The van der Waals surface area contributed by atoms with Crippen LogP contribution in [0.3, 0.4) is 0 Å². The van der Waals surface area contributed by atoms with Crippen LogP contribution in [0.1, 0.15) is 54.3 Å². The molecule has 232 valence electrons. The number of anilines is 1. The zero-order valence-electron chi connectivity index (χ0n) is 24.3. The summed E-state index contributed by atoms with van der Waals surface area (Å²) in [6, 6.07) is 10.1. The quantitative estimate of drug-likeness (QED) is 0.203. The van der Waals surface area contributed by atoms with Crippen molar-refractivity contribution in [2.75, 3.05) is 5.32 Å². The molecule has 3 aromatic carbocycles. The average molecular weight is 632 g/mol. The second-order valence-corrected chi connectivity index (χ2v) is 11.3. The maximum atomic E-state index is 15.9. The van der Waals surface area contributed by atoms with Gasteiger partial charge in [0.2, 0.25) is 0 Å². The SMILES string of the molecule is CCc1cccc(CC)c1-n1nc2c(c1-c1cc(F)c(NC(N)=O)cc1F)CN(Cc1ccc(Cl)cc1C(F)(F)F)[C@H](C)C2. The van der Waals surface area contributed by atoms with E-state index in [-0.39, 0.29) is 35.3 Å². The van der Waals surface area contributed by atoms with Crippen LogP contribution < -0.4 is 11.1 Å². The maximum absolute atomic E-state index is 15.9. The lowest BCUT2D eigenvalue weighted by molar-refractivity contribution is -0.138. The Bertz CT molecular complexity index is 1710. The summed E-state index contributed by atoms with van der Waals surface area (Å²) in [7, 11) is 0. The molecule has 2 amide bonds. The minimum atomic E-state index is -4.61. The van der Waals surface area contributed by atoms with Crippen LogP contribution in [0.5, 0.6) is 0 Å². The zero-order valence-corrected chi connectivity index (χ0v) is 25.1. The Morgan fingerprint density at radius 3 is 2.34 bits per heavy atom. The molecule has 1 atom stereocenters. The Kier molecular flexibility index (Phi) is 8.73. The van der Waals surface area contributed by atoms with Crippen molar-refractivity contribution in [2.24, 2.45) is 5.73 Å². The monoisotopic (exact) mass is 631 g/mol. The summed E-state index contributed by atoms with van der Waals surface area (Å²) in [6.07, 6.45) is -2.96. The first-order valence-electron chi connectivity index (χ1n) is 14.2. The van der Waals surface area contributed by atoms with Crippen LogP contribution in [0.15, 0.2) is 48.5 Å². The van der Waals surface area contributed by atoms with Gasteiger partial charge in [-0.05, 0) is 54.7 Å². The van der Waals surface area contributed by atoms with Gasteiger partial charge in [0.05, 0.1) is 28.3 Å². The highest BCUT2D eigenvalue weighted by atomic mass is 35.5. The zero-order chi connectivity index (χ0) is 31.9. The van der Waals surface area contributed by atoms with Gasteiger partial charge in [-0.15, -0.1) is 0 Å². The van der Waals surface area contributed by atoms with Gasteiger partial charge in [-0.1, -0.05) is 49.7 Å². The number of para-hydroxylation sites is 1. The average Bonchev–Trinajstić information content (AvgIpc) is 3.31. The molecule has 4 aromatic rings. The van der Waals surface area contributed by atoms with Crippen molar-refractivity contribution in [1.29, 1.82) is 0 Å². The van der Waals surface area contributed by atoms with Crippen molar-refractivity contribution in [1.82, 2.24) is 14.7 Å². The fourth-order valence-corrected chi connectivity index (χ4v) is 6.03. The van der Waals surface area contributed by atoms with Crippen LogP contribution in [0, 0.1) is 11.6 Å². The molecule has 0 unspecified atom stereocenters. The Hall–Kier alpha value is -3.96. The largest absolute Gasteiger partial charge is 0.416 e. The molecular formula is C32H31ClF5N5O. The van der Waals surface area contributed by atoms with Crippen LogP contribution in [0.4, 0.5) is 32.4 Å². The van der Waals surface area contributed by atoms with Crippen molar-refractivity contribution in [3.05, 3.63) is 98.7 Å². The van der Waals surface area contributed by atoms with E-state index in [0.717, 1.165) is 35.0 Å². The number of benzene rings is 3. The number of alkyl halides is 3. The van der Waals surface area contributed by atoms with E-state index >= 15 is 8.78 Å². The number of halogens is 6. The lowest BCUT2D eigenvalue weighted by Crippen LogP contribution is -2.38. The van der Waals surface area contributed by atoms with E-state index in [2.05, 4.69) is 5.32 Å². The molecule has 1 aliphatic heterocycles. The lowest BCUT2D eigenvalue weighted by atomic mass is 9.95. The van der Waals surface area contributed by atoms with Crippen molar-refractivity contribution in [3.8, 4) is 16.9 Å². The summed E-state index contributed by atoms with van der Waals surface area (Å²) < 4.78 is 74.6. The van der Waals surface area contributed by atoms with Crippen molar-refractivity contribution < 1.29 is 26.7 Å². The number of carbonyl (C=O) groups excluding carboxylic acids is 1. The van der Waals surface area contributed by atoms with Gasteiger partial charge in [-0.2, -0.15) is 18.3 Å². The van der Waals surface area contributed by atoms with Gasteiger partial charge in [0.25, 0.3) is 0 Å². The van der Waals surface area contributed by atoms with E-state index in [0.29, 0.717) is 36.2 Å². The number of nitrogens with two attached hydrogens (primary N) is 1. The number of nitrogens with one attached hydrogen (secondary N) is 1. The van der Waals surface area contributed by atoms with Gasteiger partial charge < -0.3 is 11.1 Å². The smallest absolute Gasteiger partial charge is 0.351 e. The molecule has 6 nitrogen and oxygen atoms in total. The predicted molar refractivity (Wildman–Crippen MR) is 160 cm³/mol. The maximum Gasteiger partial charge on any atom is 0.416 e. The Labute approximate surface area is 256 Å². The predicted octanol–water partition coefficient (Wildman–Crippen LogP) is 8.05. The topological polar surface area (TPSA) is 76.2 Å². The van der Waals surface area contributed by atoms with Crippen LogP contribution in [-0.2, 0) is 38.5 Å². The summed E-state index contributed by atoms with van der Waals surface area (Å²) in [6.45, 7) is 5.94. The van der Waals surface area contributed by atoms with Crippen molar-refractivity contribution in [3.63, 3.8) is 0 Å². The number of rotatable bonds is 7. The fraction of sp³-hybridized carbons (Fsp3) is 0.312. The Morgan fingerprint density at radius 2 is 1.73 bits per heavy atom.